The summed E-state index contributed by atoms with van der Waals surface area (Å²) in [5, 5.41) is 6.30. The molecule has 4 aliphatic carbocycles. The average molecular weight is 281 g/mol. The first-order valence-electron chi connectivity index (χ1n) is 7.13. The highest BCUT2D eigenvalue weighted by Crippen LogP contribution is 2.53. The number of sulfonamides is 1. The minimum Gasteiger partial charge on any atom is -0.284 e. The summed E-state index contributed by atoms with van der Waals surface area (Å²) in [6, 6.07) is 0.146. The van der Waals surface area contributed by atoms with Crippen LogP contribution in [0.2, 0.25) is 0 Å². The van der Waals surface area contributed by atoms with E-state index in [0.29, 0.717) is 11.8 Å². The summed E-state index contributed by atoms with van der Waals surface area (Å²) in [5.74, 6) is 2.82. The SMILES string of the molecule is O=S(=O)(NC1C2CC3CC(C2)CC1C3)c1cn[nH]c1. The van der Waals surface area contributed by atoms with Crippen LogP contribution in [0.1, 0.15) is 32.1 Å². The van der Waals surface area contributed by atoms with Crippen molar-refractivity contribution < 1.29 is 8.42 Å². The molecule has 0 aliphatic heterocycles. The van der Waals surface area contributed by atoms with E-state index in [2.05, 4.69) is 14.9 Å². The normalized spacial score (nSPS) is 40.7. The van der Waals surface area contributed by atoms with Crippen molar-refractivity contribution in [3.63, 3.8) is 0 Å². The van der Waals surface area contributed by atoms with Crippen molar-refractivity contribution in [2.24, 2.45) is 23.7 Å². The summed E-state index contributed by atoms with van der Waals surface area (Å²) in [6.07, 6.45) is 9.05. The van der Waals surface area contributed by atoms with E-state index < -0.39 is 10.0 Å². The topological polar surface area (TPSA) is 74.8 Å². The molecule has 0 atom stereocenters. The van der Waals surface area contributed by atoms with E-state index >= 15 is 0 Å². The van der Waals surface area contributed by atoms with Gasteiger partial charge in [-0.15, -0.1) is 0 Å². The summed E-state index contributed by atoms with van der Waals surface area (Å²) >= 11 is 0. The van der Waals surface area contributed by atoms with Gasteiger partial charge < -0.3 is 0 Å². The Hall–Kier alpha value is -0.880. The van der Waals surface area contributed by atoms with Crippen molar-refractivity contribution in [1.82, 2.24) is 14.9 Å². The highest BCUT2D eigenvalue weighted by atomic mass is 32.2. The van der Waals surface area contributed by atoms with E-state index in [4.69, 9.17) is 0 Å². The van der Waals surface area contributed by atoms with E-state index in [1.54, 1.807) is 0 Å². The Morgan fingerprint density at radius 2 is 1.74 bits per heavy atom. The lowest BCUT2D eigenvalue weighted by Crippen LogP contribution is -2.55. The number of rotatable bonds is 3. The number of aromatic nitrogens is 2. The van der Waals surface area contributed by atoms with Gasteiger partial charge in [-0.2, -0.15) is 5.10 Å². The zero-order valence-electron chi connectivity index (χ0n) is 10.7. The van der Waals surface area contributed by atoms with Crippen LogP contribution in [0.3, 0.4) is 0 Å². The van der Waals surface area contributed by atoms with Crippen LogP contribution in [0.25, 0.3) is 0 Å². The molecule has 1 aromatic heterocycles. The third-order valence-electron chi connectivity index (χ3n) is 5.30. The number of nitrogens with zero attached hydrogens (tertiary/aromatic N) is 1. The van der Waals surface area contributed by atoms with Gasteiger partial charge in [-0.25, -0.2) is 13.1 Å². The average Bonchev–Trinajstić information content (AvgIpc) is 2.87. The van der Waals surface area contributed by atoms with Crippen molar-refractivity contribution in [1.29, 1.82) is 0 Å². The molecule has 1 heterocycles. The lowest BCUT2D eigenvalue weighted by atomic mass is 9.54. The van der Waals surface area contributed by atoms with Crippen LogP contribution in [-0.4, -0.2) is 24.7 Å². The fourth-order valence-corrected chi connectivity index (χ4v) is 6.03. The van der Waals surface area contributed by atoms with Crippen molar-refractivity contribution in [3.05, 3.63) is 12.4 Å². The Morgan fingerprint density at radius 3 is 2.26 bits per heavy atom. The Balaban J connectivity index is 1.58. The van der Waals surface area contributed by atoms with E-state index in [1.165, 1.54) is 44.5 Å². The molecule has 0 unspecified atom stereocenters. The summed E-state index contributed by atoms with van der Waals surface area (Å²) in [5.41, 5.74) is 0. The largest absolute Gasteiger partial charge is 0.284 e. The van der Waals surface area contributed by atoms with Crippen molar-refractivity contribution in [3.8, 4) is 0 Å². The van der Waals surface area contributed by atoms with E-state index in [0.717, 1.165) is 11.8 Å². The third kappa shape index (κ3) is 1.92. The Morgan fingerprint density at radius 1 is 1.11 bits per heavy atom. The Labute approximate surface area is 113 Å². The van der Waals surface area contributed by atoms with Crippen molar-refractivity contribution in [2.45, 2.75) is 43.0 Å². The molecule has 4 fully saturated rings. The lowest BCUT2D eigenvalue weighted by molar-refractivity contribution is -0.00557. The smallest absolute Gasteiger partial charge is 0.243 e. The van der Waals surface area contributed by atoms with Gasteiger partial charge >= 0.3 is 0 Å². The molecule has 2 N–H and O–H groups in total. The summed E-state index contributed by atoms with van der Waals surface area (Å²) < 4.78 is 27.6. The van der Waals surface area contributed by atoms with Gasteiger partial charge in [-0.05, 0) is 55.8 Å². The Bertz CT molecular complexity index is 539. The first-order valence-corrected chi connectivity index (χ1v) is 8.61. The van der Waals surface area contributed by atoms with Gasteiger partial charge in [0, 0.05) is 12.2 Å². The molecule has 0 radical (unpaired) electrons. The minimum atomic E-state index is -3.41. The number of aromatic amines is 1. The van der Waals surface area contributed by atoms with E-state index in [-0.39, 0.29) is 10.9 Å². The number of hydrogen-bond donors (Lipinski definition) is 2. The predicted octanol–water partition coefficient (Wildman–Crippen LogP) is 1.51. The maximum Gasteiger partial charge on any atom is 0.243 e. The second-order valence-electron chi connectivity index (χ2n) is 6.51. The molecule has 4 bridgehead atoms. The molecule has 4 aliphatic rings. The second-order valence-corrected chi connectivity index (χ2v) is 8.23. The number of nitrogens with one attached hydrogen (secondary N) is 2. The molecule has 0 saturated heterocycles. The first kappa shape index (κ1) is 11.9. The van der Waals surface area contributed by atoms with Gasteiger partial charge in [0.1, 0.15) is 4.90 Å². The standard InChI is InChI=1S/C13H19N3O2S/c17-19(18,12-6-14-15-7-12)16-13-10-2-8-1-9(4-10)5-11(13)3-8/h6-11,13,16H,1-5H2,(H,14,15). The first-order chi connectivity index (χ1) is 9.12. The minimum absolute atomic E-state index is 0.146. The zero-order valence-corrected chi connectivity index (χ0v) is 11.6. The van der Waals surface area contributed by atoms with E-state index in [1.807, 2.05) is 0 Å². The fourth-order valence-electron chi connectivity index (χ4n) is 4.75. The maximum absolute atomic E-state index is 12.3. The maximum atomic E-state index is 12.3. The predicted molar refractivity (Wildman–Crippen MR) is 69.7 cm³/mol. The third-order valence-corrected chi connectivity index (χ3v) is 6.73. The molecule has 104 valence electrons. The molecule has 19 heavy (non-hydrogen) atoms. The van der Waals surface area contributed by atoms with Crippen LogP contribution in [-0.2, 0) is 10.0 Å². The summed E-state index contributed by atoms with van der Waals surface area (Å²) in [6.45, 7) is 0. The van der Waals surface area contributed by atoms with Gasteiger partial charge in [0.25, 0.3) is 0 Å². The molecule has 0 amide bonds. The highest BCUT2D eigenvalue weighted by Gasteiger charge is 2.49. The van der Waals surface area contributed by atoms with E-state index in [9.17, 15) is 8.42 Å². The number of hydrogen-bond acceptors (Lipinski definition) is 3. The van der Waals surface area contributed by atoms with Gasteiger partial charge in [0.05, 0.1) is 6.20 Å². The molecular weight excluding hydrogens is 262 g/mol. The summed E-state index contributed by atoms with van der Waals surface area (Å²) in [7, 11) is -3.41. The zero-order chi connectivity index (χ0) is 13.0. The molecule has 5 nitrogen and oxygen atoms in total. The van der Waals surface area contributed by atoms with Gasteiger partial charge in [0.15, 0.2) is 0 Å². The van der Waals surface area contributed by atoms with Gasteiger partial charge in [-0.3, -0.25) is 5.10 Å². The molecule has 4 saturated carbocycles. The molecular formula is C13H19N3O2S. The molecule has 6 heteroatoms. The molecule has 0 aromatic carbocycles. The molecule has 0 spiro atoms. The van der Waals surface area contributed by atoms with Gasteiger partial charge in [0.2, 0.25) is 10.0 Å². The molecule has 5 rings (SSSR count). The molecule has 1 aromatic rings. The fraction of sp³-hybridized carbons (Fsp3) is 0.769. The Kier molecular flexibility index (Phi) is 2.54. The van der Waals surface area contributed by atoms with Crippen molar-refractivity contribution >= 4 is 10.0 Å². The highest BCUT2D eigenvalue weighted by molar-refractivity contribution is 7.89. The number of H-pyrrole nitrogens is 1. The van der Waals surface area contributed by atoms with Crippen LogP contribution in [0.4, 0.5) is 0 Å². The van der Waals surface area contributed by atoms with Crippen LogP contribution in [0, 0.1) is 23.7 Å². The van der Waals surface area contributed by atoms with Crippen molar-refractivity contribution in [2.75, 3.05) is 0 Å². The lowest BCUT2D eigenvalue weighted by Gasteiger charge is -2.54. The van der Waals surface area contributed by atoms with Crippen LogP contribution in [0.5, 0.6) is 0 Å². The van der Waals surface area contributed by atoms with Gasteiger partial charge in [-0.1, -0.05) is 0 Å². The quantitative estimate of drug-likeness (QED) is 0.882. The second kappa shape index (κ2) is 4.06. The summed E-state index contributed by atoms with van der Waals surface area (Å²) in [4.78, 5) is 0.251. The van der Waals surface area contributed by atoms with Crippen LogP contribution < -0.4 is 4.72 Å². The van der Waals surface area contributed by atoms with Crippen LogP contribution in [0.15, 0.2) is 17.3 Å². The monoisotopic (exact) mass is 281 g/mol. The van der Waals surface area contributed by atoms with Crippen LogP contribution >= 0.6 is 0 Å².